The van der Waals surface area contributed by atoms with Gasteiger partial charge in [0, 0.05) is 11.8 Å². The predicted molar refractivity (Wildman–Crippen MR) is 78.4 cm³/mol. The number of aryl methyl sites for hydroxylation is 2. The van der Waals surface area contributed by atoms with E-state index in [1.165, 1.54) is 5.56 Å². The van der Waals surface area contributed by atoms with Crippen molar-refractivity contribution >= 4 is 12.1 Å². The molecule has 0 saturated carbocycles. The van der Waals surface area contributed by atoms with Crippen LogP contribution in [0.1, 0.15) is 40.7 Å². The Morgan fingerprint density at radius 3 is 2.84 bits per heavy atom. The summed E-state index contributed by atoms with van der Waals surface area (Å²) in [5.74, 6) is 0.302. The van der Waals surface area contributed by atoms with Crippen LogP contribution in [0.5, 0.6) is 0 Å². The number of allylic oxidation sites excluding steroid dienone is 2. The van der Waals surface area contributed by atoms with Gasteiger partial charge < -0.3 is 0 Å². The Morgan fingerprint density at radius 2 is 2.16 bits per heavy atom. The van der Waals surface area contributed by atoms with E-state index in [4.69, 9.17) is 0 Å². The van der Waals surface area contributed by atoms with E-state index < -0.39 is 0 Å². The van der Waals surface area contributed by atoms with Crippen molar-refractivity contribution in [3.8, 4) is 0 Å². The summed E-state index contributed by atoms with van der Waals surface area (Å²) in [5, 5.41) is 4.07. The second-order valence-corrected chi connectivity index (χ2v) is 5.06. The first-order chi connectivity index (χ1) is 9.16. The number of hydrogen-bond acceptors (Lipinski definition) is 2. The van der Waals surface area contributed by atoms with Crippen LogP contribution >= 0.6 is 0 Å². The van der Waals surface area contributed by atoms with Gasteiger partial charge in [-0.05, 0) is 62.3 Å². The molecule has 1 amide bonds. The Morgan fingerprint density at radius 1 is 1.32 bits per heavy atom. The fourth-order valence-corrected chi connectivity index (χ4v) is 2.10. The summed E-state index contributed by atoms with van der Waals surface area (Å²) in [6, 6.07) is 5.68. The molecule has 1 aliphatic carbocycles. The van der Waals surface area contributed by atoms with E-state index in [1.54, 1.807) is 0 Å². The van der Waals surface area contributed by atoms with E-state index >= 15 is 0 Å². The molecule has 1 N–H and O–H groups in total. The smallest absolute Gasteiger partial charge is 0.267 e. The van der Waals surface area contributed by atoms with Gasteiger partial charge in [0.05, 0.1) is 0 Å². The molecule has 1 unspecified atom stereocenters. The zero-order chi connectivity index (χ0) is 13.7. The average Bonchev–Trinajstić information content (AvgIpc) is 2.43. The zero-order valence-corrected chi connectivity index (χ0v) is 11.5. The first kappa shape index (κ1) is 13.5. The summed E-state index contributed by atoms with van der Waals surface area (Å²) in [7, 11) is 0. The van der Waals surface area contributed by atoms with Crippen LogP contribution in [0.25, 0.3) is 0 Å². The Labute approximate surface area is 114 Å². The van der Waals surface area contributed by atoms with Crippen LogP contribution in [0.2, 0.25) is 0 Å². The summed E-state index contributed by atoms with van der Waals surface area (Å²) in [6.07, 6.45) is 9.44. The molecule has 0 fully saturated rings. The lowest BCUT2D eigenvalue weighted by molar-refractivity contribution is 0.0955. The molecule has 0 aliphatic heterocycles. The van der Waals surface area contributed by atoms with Gasteiger partial charge >= 0.3 is 0 Å². The van der Waals surface area contributed by atoms with Gasteiger partial charge in [0.25, 0.3) is 5.91 Å². The Bertz CT molecular complexity index is 517. The van der Waals surface area contributed by atoms with E-state index in [9.17, 15) is 4.79 Å². The van der Waals surface area contributed by atoms with Crippen molar-refractivity contribution in [3.05, 3.63) is 47.0 Å². The molecule has 0 aromatic heterocycles. The number of hydrazone groups is 1. The molecule has 100 valence electrons. The van der Waals surface area contributed by atoms with Crippen LogP contribution in [-0.2, 0) is 0 Å². The monoisotopic (exact) mass is 256 g/mol. The van der Waals surface area contributed by atoms with Crippen molar-refractivity contribution in [2.45, 2.75) is 33.1 Å². The molecule has 0 spiro atoms. The van der Waals surface area contributed by atoms with Crippen LogP contribution in [-0.4, -0.2) is 12.1 Å². The van der Waals surface area contributed by atoms with Gasteiger partial charge in [-0.3, -0.25) is 4.79 Å². The van der Waals surface area contributed by atoms with Crippen LogP contribution in [0, 0.1) is 19.8 Å². The molecular weight excluding hydrogens is 236 g/mol. The van der Waals surface area contributed by atoms with Gasteiger partial charge in [-0.25, -0.2) is 5.43 Å². The van der Waals surface area contributed by atoms with Crippen molar-refractivity contribution in [2.75, 3.05) is 0 Å². The van der Waals surface area contributed by atoms with Crippen molar-refractivity contribution < 1.29 is 4.79 Å². The van der Waals surface area contributed by atoms with Crippen LogP contribution in [0.4, 0.5) is 0 Å². The molecular formula is C16H20N2O. The largest absolute Gasteiger partial charge is 0.271 e. The fraction of sp³-hybridized carbons (Fsp3) is 0.375. The molecule has 19 heavy (non-hydrogen) atoms. The summed E-state index contributed by atoms with van der Waals surface area (Å²) in [6.45, 7) is 4.04. The molecule has 2 rings (SSSR count). The molecule has 0 bridgehead atoms. The normalized spacial score (nSPS) is 18.7. The van der Waals surface area contributed by atoms with Gasteiger partial charge in [-0.1, -0.05) is 18.2 Å². The van der Waals surface area contributed by atoms with E-state index in [2.05, 4.69) is 22.7 Å². The molecule has 1 aliphatic rings. The van der Waals surface area contributed by atoms with Crippen molar-refractivity contribution in [1.29, 1.82) is 0 Å². The van der Waals surface area contributed by atoms with Crippen LogP contribution < -0.4 is 5.43 Å². The molecule has 1 aromatic carbocycles. The Kier molecular flexibility index (Phi) is 4.50. The van der Waals surface area contributed by atoms with Gasteiger partial charge in [-0.2, -0.15) is 5.10 Å². The predicted octanol–water partition coefficient (Wildman–Crippen LogP) is 3.38. The molecule has 1 aromatic rings. The molecule has 3 nitrogen and oxygen atoms in total. The number of nitrogens with one attached hydrogen (secondary N) is 1. The van der Waals surface area contributed by atoms with E-state index in [-0.39, 0.29) is 5.91 Å². The number of nitrogens with zero attached hydrogens (tertiary/aromatic N) is 1. The lowest BCUT2D eigenvalue weighted by Gasteiger charge is -2.11. The molecule has 0 saturated heterocycles. The minimum atomic E-state index is -0.147. The van der Waals surface area contributed by atoms with Crippen LogP contribution in [0.15, 0.2) is 35.5 Å². The second-order valence-electron chi connectivity index (χ2n) is 5.06. The van der Waals surface area contributed by atoms with Crippen molar-refractivity contribution in [2.24, 2.45) is 11.0 Å². The lowest BCUT2D eigenvalue weighted by Crippen LogP contribution is -2.19. The van der Waals surface area contributed by atoms with Gasteiger partial charge in [0.2, 0.25) is 0 Å². The Balaban J connectivity index is 1.91. The van der Waals surface area contributed by atoms with E-state index in [0.717, 1.165) is 24.8 Å². The zero-order valence-electron chi connectivity index (χ0n) is 11.5. The fourth-order valence-electron chi connectivity index (χ4n) is 2.10. The SMILES string of the molecule is Cc1ccc(C(=O)NN=CC2CC=CCC2)cc1C. The van der Waals surface area contributed by atoms with Crippen molar-refractivity contribution in [3.63, 3.8) is 0 Å². The number of benzene rings is 1. The minimum Gasteiger partial charge on any atom is -0.267 e. The molecule has 1 atom stereocenters. The number of rotatable bonds is 3. The highest BCUT2D eigenvalue weighted by molar-refractivity contribution is 5.94. The second kappa shape index (κ2) is 6.32. The first-order valence-corrected chi connectivity index (χ1v) is 6.72. The maximum Gasteiger partial charge on any atom is 0.271 e. The van der Waals surface area contributed by atoms with Crippen molar-refractivity contribution in [1.82, 2.24) is 5.43 Å². The van der Waals surface area contributed by atoms with Gasteiger partial charge in [-0.15, -0.1) is 0 Å². The minimum absolute atomic E-state index is 0.147. The highest BCUT2D eigenvalue weighted by Gasteiger charge is 2.08. The molecule has 3 heteroatoms. The third-order valence-corrected chi connectivity index (χ3v) is 3.53. The maximum absolute atomic E-state index is 11.9. The lowest BCUT2D eigenvalue weighted by atomic mass is 9.96. The number of hydrogen-bond donors (Lipinski definition) is 1. The van der Waals surface area contributed by atoms with Gasteiger partial charge in [0.15, 0.2) is 0 Å². The van der Waals surface area contributed by atoms with E-state index in [0.29, 0.717) is 11.5 Å². The topological polar surface area (TPSA) is 41.5 Å². The third-order valence-electron chi connectivity index (χ3n) is 3.53. The first-order valence-electron chi connectivity index (χ1n) is 6.72. The summed E-state index contributed by atoms with van der Waals surface area (Å²) < 4.78 is 0. The maximum atomic E-state index is 11.9. The highest BCUT2D eigenvalue weighted by Crippen LogP contribution is 2.15. The quantitative estimate of drug-likeness (QED) is 0.503. The van der Waals surface area contributed by atoms with Gasteiger partial charge in [0.1, 0.15) is 0 Å². The average molecular weight is 256 g/mol. The number of carbonyl (C=O) groups is 1. The summed E-state index contributed by atoms with van der Waals surface area (Å²) >= 11 is 0. The highest BCUT2D eigenvalue weighted by atomic mass is 16.2. The summed E-state index contributed by atoms with van der Waals surface area (Å²) in [5.41, 5.74) is 5.56. The van der Waals surface area contributed by atoms with E-state index in [1.807, 2.05) is 38.3 Å². The van der Waals surface area contributed by atoms with Crippen LogP contribution in [0.3, 0.4) is 0 Å². The molecule has 0 heterocycles. The Hall–Kier alpha value is -1.90. The standard InChI is InChI=1S/C16H20N2O/c1-12-8-9-15(10-13(12)2)16(19)18-17-11-14-6-4-3-5-7-14/h3-4,8-11,14H,5-7H2,1-2H3,(H,18,19). The number of amides is 1. The number of carbonyl (C=O) groups excluding carboxylic acids is 1. The third kappa shape index (κ3) is 3.78. The molecule has 0 radical (unpaired) electrons. The summed E-state index contributed by atoms with van der Waals surface area (Å²) in [4.78, 5) is 11.9.